The number of rotatable bonds is 5. The summed E-state index contributed by atoms with van der Waals surface area (Å²) in [6.45, 7) is 0.850. The Morgan fingerprint density at radius 3 is 2.93 bits per heavy atom. The van der Waals surface area contributed by atoms with Crippen molar-refractivity contribution >= 4 is 33.6 Å². The first-order valence-corrected chi connectivity index (χ1v) is 7.44. The van der Waals surface area contributed by atoms with Gasteiger partial charge in [0.25, 0.3) is 0 Å². The highest BCUT2D eigenvalue weighted by Gasteiger charge is 2.24. The van der Waals surface area contributed by atoms with Crippen LogP contribution < -0.4 is 5.32 Å². The Bertz CT molecular complexity index is 189. The van der Waals surface area contributed by atoms with Gasteiger partial charge in [-0.15, -0.1) is 0 Å². The predicted molar refractivity (Wildman–Crippen MR) is 66.1 cm³/mol. The van der Waals surface area contributed by atoms with Crippen molar-refractivity contribution in [3.63, 3.8) is 0 Å². The summed E-state index contributed by atoms with van der Waals surface area (Å²) < 4.78 is 0. The van der Waals surface area contributed by atoms with Crippen LogP contribution in [0.25, 0.3) is 0 Å². The Balaban J connectivity index is 2.10. The highest BCUT2D eigenvalue weighted by molar-refractivity contribution is 9.09. The van der Waals surface area contributed by atoms with Gasteiger partial charge in [0.2, 0.25) is 5.91 Å². The quantitative estimate of drug-likeness (QED) is 0.784. The number of hydrogen-bond donors (Lipinski definition) is 1. The molecule has 0 aromatic rings. The van der Waals surface area contributed by atoms with Crippen LogP contribution in [0.4, 0.5) is 0 Å². The minimum absolute atomic E-state index is 0.200. The first-order chi connectivity index (χ1) is 6.74. The zero-order valence-corrected chi connectivity index (χ0v) is 11.0. The Kier molecular flexibility index (Phi) is 5.94. The molecule has 1 fully saturated rings. The van der Waals surface area contributed by atoms with Crippen molar-refractivity contribution in [2.45, 2.75) is 30.5 Å². The molecule has 0 bridgehead atoms. The van der Waals surface area contributed by atoms with Gasteiger partial charge < -0.3 is 5.32 Å². The third-order valence-corrected chi connectivity index (χ3v) is 4.48. The minimum atomic E-state index is 0.200. The van der Waals surface area contributed by atoms with Gasteiger partial charge in [-0.3, -0.25) is 4.79 Å². The average Bonchev–Trinajstić information content (AvgIpc) is 2.58. The highest BCUT2D eigenvalue weighted by atomic mass is 79.9. The summed E-state index contributed by atoms with van der Waals surface area (Å²) >= 11 is 5.37. The van der Waals surface area contributed by atoms with E-state index in [4.69, 9.17) is 0 Å². The first-order valence-electron chi connectivity index (χ1n) is 5.13. The summed E-state index contributed by atoms with van der Waals surface area (Å²) in [6.07, 6.45) is 6.48. The maximum atomic E-state index is 11.3. The molecule has 0 heterocycles. The molecule has 0 aromatic heterocycles. The topological polar surface area (TPSA) is 29.1 Å². The third kappa shape index (κ3) is 4.22. The van der Waals surface area contributed by atoms with E-state index in [1.807, 2.05) is 6.26 Å². The fourth-order valence-corrected chi connectivity index (χ4v) is 2.91. The second-order valence-electron chi connectivity index (χ2n) is 3.75. The molecule has 0 radical (unpaired) electrons. The van der Waals surface area contributed by atoms with Gasteiger partial charge in [0.15, 0.2) is 0 Å². The van der Waals surface area contributed by atoms with Gasteiger partial charge in [0.05, 0.1) is 0 Å². The molecule has 2 atom stereocenters. The first kappa shape index (κ1) is 12.4. The number of carbonyl (C=O) groups is 1. The number of carbonyl (C=O) groups excluding carboxylic acids is 1. The van der Waals surface area contributed by atoms with Crippen LogP contribution in [0.3, 0.4) is 0 Å². The molecule has 0 saturated heterocycles. The molecule has 0 aliphatic heterocycles. The molecule has 1 aliphatic carbocycles. The Labute approximate surface area is 98.7 Å². The number of halogens is 1. The number of alkyl halides is 1. The predicted octanol–water partition coefficient (Wildman–Crippen LogP) is 2.42. The molecule has 0 spiro atoms. The Hall–Kier alpha value is 0.300. The number of amides is 1. The van der Waals surface area contributed by atoms with E-state index in [0.717, 1.165) is 12.3 Å². The third-order valence-electron chi connectivity index (χ3n) is 2.66. The smallest absolute Gasteiger partial charge is 0.220 e. The molecule has 4 heteroatoms. The fraction of sp³-hybridized carbons (Fsp3) is 0.900. The molecule has 82 valence electrons. The van der Waals surface area contributed by atoms with E-state index in [9.17, 15) is 4.79 Å². The van der Waals surface area contributed by atoms with Crippen molar-refractivity contribution in [2.24, 2.45) is 5.92 Å². The summed E-state index contributed by atoms with van der Waals surface area (Å²) in [6, 6.07) is 0. The molecule has 1 rings (SSSR count). The molecular weight excluding hydrogens is 262 g/mol. The molecule has 1 saturated carbocycles. The SMILES string of the molecule is CSCCC(=O)NCC1CCCC1Br. The largest absolute Gasteiger partial charge is 0.356 e. The van der Waals surface area contributed by atoms with Gasteiger partial charge >= 0.3 is 0 Å². The van der Waals surface area contributed by atoms with Gasteiger partial charge in [0, 0.05) is 23.5 Å². The van der Waals surface area contributed by atoms with Crippen molar-refractivity contribution in [1.82, 2.24) is 5.32 Å². The van der Waals surface area contributed by atoms with Gasteiger partial charge in [-0.2, -0.15) is 11.8 Å². The van der Waals surface area contributed by atoms with Gasteiger partial charge in [0.1, 0.15) is 0 Å². The maximum Gasteiger partial charge on any atom is 0.220 e. The second-order valence-corrected chi connectivity index (χ2v) is 5.92. The molecule has 1 amide bonds. The molecule has 0 aromatic carbocycles. The van der Waals surface area contributed by atoms with E-state index in [1.165, 1.54) is 19.3 Å². The van der Waals surface area contributed by atoms with Crippen LogP contribution in [-0.2, 0) is 4.79 Å². The minimum Gasteiger partial charge on any atom is -0.356 e. The lowest BCUT2D eigenvalue weighted by molar-refractivity contribution is -0.120. The molecule has 14 heavy (non-hydrogen) atoms. The molecular formula is C10H18BrNOS. The van der Waals surface area contributed by atoms with E-state index in [0.29, 0.717) is 17.2 Å². The van der Waals surface area contributed by atoms with Gasteiger partial charge in [-0.1, -0.05) is 22.4 Å². The van der Waals surface area contributed by atoms with Crippen LogP contribution in [0.1, 0.15) is 25.7 Å². The van der Waals surface area contributed by atoms with E-state index in [1.54, 1.807) is 11.8 Å². The highest BCUT2D eigenvalue weighted by Crippen LogP contribution is 2.30. The van der Waals surface area contributed by atoms with Crippen molar-refractivity contribution in [2.75, 3.05) is 18.6 Å². The average molecular weight is 280 g/mol. The molecule has 2 unspecified atom stereocenters. The summed E-state index contributed by atoms with van der Waals surface area (Å²) in [5.74, 6) is 1.77. The normalized spacial score (nSPS) is 26.4. The summed E-state index contributed by atoms with van der Waals surface area (Å²) in [5.41, 5.74) is 0. The van der Waals surface area contributed by atoms with Crippen LogP contribution in [0.15, 0.2) is 0 Å². The monoisotopic (exact) mass is 279 g/mol. The summed E-state index contributed by atoms with van der Waals surface area (Å²) in [7, 11) is 0. The lowest BCUT2D eigenvalue weighted by Gasteiger charge is -2.14. The molecule has 1 aliphatic rings. The second kappa shape index (κ2) is 6.72. The number of hydrogen-bond acceptors (Lipinski definition) is 2. The van der Waals surface area contributed by atoms with Crippen LogP contribution in [0, 0.1) is 5.92 Å². The van der Waals surface area contributed by atoms with E-state index in [-0.39, 0.29) is 5.91 Å². The standard InChI is InChI=1S/C10H18BrNOS/c1-14-6-5-10(13)12-7-8-3-2-4-9(8)11/h8-9H,2-7H2,1H3,(H,12,13). The summed E-state index contributed by atoms with van der Waals surface area (Å²) in [5, 5.41) is 3.01. The lowest BCUT2D eigenvalue weighted by atomic mass is 10.1. The molecule has 1 N–H and O–H groups in total. The van der Waals surface area contributed by atoms with E-state index in [2.05, 4.69) is 21.2 Å². The lowest BCUT2D eigenvalue weighted by Crippen LogP contribution is -2.31. The van der Waals surface area contributed by atoms with E-state index < -0.39 is 0 Å². The van der Waals surface area contributed by atoms with Crippen LogP contribution in [0.2, 0.25) is 0 Å². The Morgan fingerprint density at radius 2 is 2.36 bits per heavy atom. The van der Waals surface area contributed by atoms with Crippen LogP contribution >= 0.6 is 27.7 Å². The Morgan fingerprint density at radius 1 is 1.57 bits per heavy atom. The van der Waals surface area contributed by atoms with Crippen molar-refractivity contribution in [1.29, 1.82) is 0 Å². The zero-order chi connectivity index (χ0) is 10.4. The van der Waals surface area contributed by atoms with Gasteiger partial charge in [-0.05, 0) is 25.0 Å². The molecule has 2 nitrogen and oxygen atoms in total. The van der Waals surface area contributed by atoms with Crippen LogP contribution in [-0.4, -0.2) is 29.3 Å². The van der Waals surface area contributed by atoms with E-state index >= 15 is 0 Å². The fourth-order valence-electron chi connectivity index (χ4n) is 1.75. The zero-order valence-electron chi connectivity index (χ0n) is 8.59. The van der Waals surface area contributed by atoms with Crippen molar-refractivity contribution in [3.8, 4) is 0 Å². The van der Waals surface area contributed by atoms with Gasteiger partial charge in [-0.25, -0.2) is 0 Å². The maximum absolute atomic E-state index is 11.3. The summed E-state index contributed by atoms with van der Waals surface area (Å²) in [4.78, 5) is 11.9. The van der Waals surface area contributed by atoms with Crippen LogP contribution in [0.5, 0.6) is 0 Å². The van der Waals surface area contributed by atoms with Crippen molar-refractivity contribution < 1.29 is 4.79 Å². The number of thioether (sulfide) groups is 1. The van der Waals surface area contributed by atoms with Crippen molar-refractivity contribution in [3.05, 3.63) is 0 Å². The number of nitrogens with one attached hydrogen (secondary N) is 1.